The van der Waals surface area contributed by atoms with Gasteiger partial charge in [0.05, 0.1) is 23.2 Å². The summed E-state index contributed by atoms with van der Waals surface area (Å²) in [7, 11) is 0. The molecule has 1 aromatic rings. The second-order valence-electron chi connectivity index (χ2n) is 4.51. The molecule has 1 fully saturated rings. The summed E-state index contributed by atoms with van der Waals surface area (Å²) in [5.74, 6) is -0.0137. The number of nitrogens with zero attached hydrogens (tertiary/aromatic N) is 1. The second kappa shape index (κ2) is 7.27. The van der Waals surface area contributed by atoms with E-state index in [1.54, 1.807) is 17.0 Å². The molecule has 0 aromatic heterocycles. The number of ether oxygens (including phenoxy) is 2. The molecule has 0 radical (unpaired) electrons. The normalized spacial score (nSPS) is 19.1. The van der Waals surface area contributed by atoms with Crippen LogP contribution >= 0.6 is 23.2 Å². The molecule has 0 aliphatic carbocycles. The van der Waals surface area contributed by atoms with E-state index in [4.69, 9.17) is 32.7 Å². The first kappa shape index (κ1) is 15.6. The molecule has 0 N–H and O–H groups in total. The van der Waals surface area contributed by atoms with Crippen LogP contribution in [0, 0.1) is 0 Å². The van der Waals surface area contributed by atoms with Crippen molar-refractivity contribution in [2.24, 2.45) is 0 Å². The van der Waals surface area contributed by atoms with Crippen molar-refractivity contribution in [3.05, 3.63) is 33.8 Å². The molecule has 0 bridgehead atoms. The summed E-state index contributed by atoms with van der Waals surface area (Å²) in [5, 5.41) is 1.00. The molecule has 1 aliphatic rings. The lowest BCUT2D eigenvalue weighted by molar-refractivity contribution is -0.143. The van der Waals surface area contributed by atoms with Gasteiger partial charge in [-0.1, -0.05) is 29.3 Å². The first-order chi connectivity index (χ1) is 9.61. The van der Waals surface area contributed by atoms with Gasteiger partial charge in [0.15, 0.2) is 0 Å². The Morgan fingerprint density at radius 3 is 2.95 bits per heavy atom. The number of hydrogen-bond donors (Lipinski definition) is 0. The first-order valence-electron chi connectivity index (χ1n) is 6.54. The van der Waals surface area contributed by atoms with E-state index in [0.717, 1.165) is 5.56 Å². The molecule has 2 rings (SSSR count). The highest BCUT2D eigenvalue weighted by Gasteiger charge is 2.25. The third-order valence-electron chi connectivity index (χ3n) is 3.16. The summed E-state index contributed by atoms with van der Waals surface area (Å²) in [6.07, 6.45) is -0.177. The van der Waals surface area contributed by atoms with E-state index >= 15 is 0 Å². The standard InChI is InChI=1S/C14H17Cl2NO3/c1-2-19-9-14(18)17-5-6-20-13(8-17)10-3-4-11(15)12(16)7-10/h3-4,7,13H,2,5-6,8-9H2,1H3/t13-/m1/s1. The number of carbonyl (C=O) groups is 1. The average Bonchev–Trinajstić information content (AvgIpc) is 2.47. The van der Waals surface area contributed by atoms with E-state index in [1.807, 2.05) is 13.0 Å². The molecule has 1 atom stereocenters. The van der Waals surface area contributed by atoms with Crippen molar-refractivity contribution in [1.29, 1.82) is 0 Å². The van der Waals surface area contributed by atoms with Gasteiger partial charge < -0.3 is 14.4 Å². The third kappa shape index (κ3) is 3.85. The van der Waals surface area contributed by atoms with Crippen molar-refractivity contribution < 1.29 is 14.3 Å². The second-order valence-corrected chi connectivity index (χ2v) is 5.32. The van der Waals surface area contributed by atoms with Crippen LogP contribution in [0.1, 0.15) is 18.6 Å². The number of hydrogen-bond acceptors (Lipinski definition) is 3. The third-order valence-corrected chi connectivity index (χ3v) is 3.90. The molecular weight excluding hydrogens is 301 g/mol. The highest BCUT2D eigenvalue weighted by Crippen LogP contribution is 2.29. The summed E-state index contributed by atoms with van der Waals surface area (Å²) >= 11 is 11.9. The fourth-order valence-corrected chi connectivity index (χ4v) is 2.38. The van der Waals surface area contributed by atoms with Crippen molar-refractivity contribution >= 4 is 29.1 Å². The van der Waals surface area contributed by atoms with E-state index in [0.29, 0.717) is 36.3 Å². The van der Waals surface area contributed by atoms with Gasteiger partial charge in [0, 0.05) is 13.2 Å². The number of morpholine rings is 1. The number of halogens is 2. The minimum atomic E-state index is -0.177. The van der Waals surface area contributed by atoms with Gasteiger partial charge in [-0.25, -0.2) is 0 Å². The minimum absolute atomic E-state index is 0.0137. The Hall–Kier alpha value is -0.810. The Labute approximate surface area is 128 Å². The molecule has 0 spiro atoms. The molecule has 0 unspecified atom stereocenters. The fourth-order valence-electron chi connectivity index (χ4n) is 2.07. The zero-order chi connectivity index (χ0) is 14.5. The van der Waals surface area contributed by atoms with E-state index in [9.17, 15) is 4.79 Å². The minimum Gasteiger partial charge on any atom is -0.372 e. The van der Waals surface area contributed by atoms with Gasteiger partial charge in [0.2, 0.25) is 5.91 Å². The zero-order valence-electron chi connectivity index (χ0n) is 11.3. The van der Waals surface area contributed by atoms with Gasteiger partial charge in [0.25, 0.3) is 0 Å². The molecule has 20 heavy (non-hydrogen) atoms. The number of carbonyl (C=O) groups excluding carboxylic acids is 1. The molecule has 4 nitrogen and oxygen atoms in total. The molecule has 1 aliphatic heterocycles. The maximum Gasteiger partial charge on any atom is 0.248 e. The maximum absolute atomic E-state index is 12.0. The van der Waals surface area contributed by atoms with E-state index in [1.165, 1.54) is 0 Å². The monoisotopic (exact) mass is 317 g/mol. The van der Waals surface area contributed by atoms with Crippen molar-refractivity contribution in [2.45, 2.75) is 13.0 Å². The summed E-state index contributed by atoms with van der Waals surface area (Å²) in [5.41, 5.74) is 0.924. The molecule has 1 heterocycles. The Balaban J connectivity index is 2.02. The fraction of sp³-hybridized carbons (Fsp3) is 0.500. The molecular formula is C14H17Cl2NO3. The number of rotatable bonds is 4. The van der Waals surface area contributed by atoms with Crippen LogP contribution in [0.15, 0.2) is 18.2 Å². The Bertz CT molecular complexity index is 481. The maximum atomic E-state index is 12.0. The number of amides is 1. The predicted octanol–water partition coefficient (Wildman–Crippen LogP) is 2.93. The molecule has 1 saturated heterocycles. The van der Waals surface area contributed by atoms with Crippen LogP contribution < -0.4 is 0 Å². The Morgan fingerprint density at radius 1 is 1.45 bits per heavy atom. The van der Waals surface area contributed by atoms with Crippen LogP contribution in [0.3, 0.4) is 0 Å². The van der Waals surface area contributed by atoms with Crippen LogP contribution in [-0.2, 0) is 14.3 Å². The summed E-state index contributed by atoms with van der Waals surface area (Å²) < 4.78 is 10.9. The van der Waals surface area contributed by atoms with Gasteiger partial charge in [-0.15, -0.1) is 0 Å². The van der Waals surface area contributed by atoms with Crippen LogP contribution in [0.4, 0.5) is 0 Å². The molecule has 1 amide bonds. The van der Waals surface area contributed by atoms with Crippen LogP contribution in [0.2, 0.25) is 10.0 Å². The largest absolute Gasteiger partial charge is 0.372 e. The molecule has 6 heteroatoms. The quantitative estimate of drug-likeness (QED) is 0.857. The lowest BCUT2D eigenvalue weighted by atomic mass is 10.1. The van der Waals surface area contributed by atoms with Crippen LogP contribution in [0.25, 0.3) is 0 Å². The van der Waals surface area contributed by atoms with Crippen molar-refractivity contribution in [3.8, 4) is 0 Å². The lowest BCUT2D eigenvalue weighted by Crippen LogP contribution is -2.43. The van der Waals surface area contributed by atoms with E-state index in [-0.39, 0.29) is 18.6 Å². The molecule has 110 valence electrons. The zero-order valence-corrected chi connectivity index (χ0v) is 12.8. The first-order valence-corrected chi connectivity index (χ1v) is 7.29. The highest BCUT2D eigenvalue weighted by atomic mass is 35.5. The van der Waals surface area contributed by atoms with E-state index < -0.39 is 0 Å². The molecule has 1 aromatic carbocycles. The lowest BCUT2D eigenvalue weighted by Gasteiger charge is -2.33. The number of benzene rings is 1. The van der Waals surface area contributed by atoms with Crippen molar-refractivity contribution in [3.63, 3.8) is 0 Å². The molecule has 0 saturated carbocycles. The van der Waals surface area contributed by atoms with Crippen molar-refractivity contribution in [2.75, 3.05) is 32.9 Å². The Morgan fingerprint density at radius 2 is 2.25 bits per heavy atom. The average molecular weight is 318 g/mol. The van der Waals surface area contributed by atoms with E-state index in [2.05, 4.69) is 0 Å². The van der Waals surface area contributed by atoms with Gasteiger partial charge in [-0.05, 0) is 24.6 Å². The van der Waals surface area contributed by atoms with Gasteiger partial charge in [-0.2, -0.15) is 0 Å². The van der Waals surface area contributed by atoms with Crippen LogP contribution in [0.5, 0.6) is 0 Å². The summed E-state index contributed by atoms with van der Waals surface area (Å²) in [6.45, 7) is 4.11. The van der Waals surface area contributed by atoms with Crippen molar-refractivity contribution in [1.82, 2.24) is 4.90 Å². The Kier molecular flexibility index (Phi) is 5.66. The van der Waals surface area contributed by atoms with Gasteiger partial charge in [0.1, 0.15) is 12.7 Å². The van der Waals surface area contributed by atoms with Gasteiger partial charge in [-0.3, -0.25) is 4.79 Å². The topological polar surface area (TPSA) is 38.8 Å². The smallest absolute Gasteiger partial charge is 0.248 e. The predicted molar refractivity (Wildman–Crippen MR) is 78.2 cm³/mol. The van der Waals surface area contributed by atoms with Gasteiger partial charge >= 0.3 is 0 Å². The summed E-state index contributed by atoms with van der Waals surface area (Å²) in [4.78, 5) is 13.7. The highest BCUT2D eigenvalue weighted by molar-refractivity contribution is 6.42. The van der Waals surface area contributed by atoms with Crippen LogP contribution in [-0.4, -0.2) is 43.7 Å². The SMILES string of the molecule is CCOCC(=O)N1CCO[C@@H](c2ccc(Cl)c(Cl)c2)C1. The summed E-state index contributed by atoms with van der Waals surface area (Å²) in [6, 6.07) is 5.39.